The molecule has 0 aromatic heterocycles. The van der Waals surface area contributed by atoms with Crippen LogP contribution in [-0.4, -0.2) is 50.1 Å². The van der Waals surface area contributed by atoms with Crippen LogP contribution in [0.1, 0.15) is 0 Å². The summed E-state index contributed by atoms with van der Waals surface area (Å²) in [6.45, 7) is -2.03. The molecule has 0 aliphatic rings. The Morgan fingerprint density at radius 2 is 1.87 bits per heavy atom. The van der Waals surface area contributed by atoms with Gasteiger partial charge in [0.05, 0.1) is 6.61 Å². The molecule has 0 fully saturated rings. The second kappa shape index (κ2) is 6.91. The molecule has 15 heavy (non-hydrogen) atoms. The van der Waals surface area contributed by atoms with Crippen LogP contribution in [-0.2, 0) is 4.74 Å². The number of rotatable bonds is 7. The van der Waals surface area contributed by atoms with E-state index in [0.29, 0.717) is 0 Å². The Morgan fingerprint density at radius 1 is 1.27 bits per heavy atom. The van der Waals surface area contributed by atoms with Crippen molar-refractivity contribution in [3.8, 4) is 0 Å². The maximum absolute atomic E-state index is 11.7. The fourth-order valence-corrected chi connectivity index (χ4v) is 0.671. The molecule has 0 bridgehead atoms. The summed E-state index contributed by atoms with van der Waals surface area (Å²) in [5.74, 6) is 0. The summed E-state index contributed by atoms with van der Waals surface area (Å²) in [5.41, 5.74) is 0. The lowest BCUT2D eigenvalue weighted by Crippen LogP contribution is -2.34. The van der Waals surface area contributed by atoms with E-state index in [1.165, 1.54) is 0 Å². The molecule has 0 rings (SSSR count). The highest BCUT2D eigenvalue weighted by molar-refractivity contribution is 4.61. The van der Waals surface area contributed by atoms with Gasteiger partial charge in [-0.15, -0.1) is 0 Å². The van der Waals surface area contributed by atoms with Crippen LogP contribution >= 0.6 is 0 Å². The number of hydrogen-bond acceptors (Lipinski definition) is 3. The number of ether oxygens (including phenoxy) is 1. The Balaban J connectivity index is 3.26. The van der Waals surface area contributed by atoms with Gasteiger partial charge < -0.3 is 15.2 Å². The van der Waals surface area contributed by atoms with Crippen LogP contribution in [0.15, 0.2) is 0 Å². The van der Waals surface area contributed by atoms with Gasteiger partial charge in [0.15, 0.2) is 0 Å². The number of aliphatic hydroxyl groups is 1. The fraction of sp³-hybridized carbons (Fsp3) is 1.00. The molecule has 0 saturated heterocycles. The Kier molecular flexibility index (Phi) is 6.70. The van der Waals surface area contributed by atoms with Gasteiger partial charge >= 0.3 is 6.18 Å². The van der Waals surface area contributed by atoms with Gasteiger partial charge in [0.2, 0.25) is 0 Å². The zero-order valence-electron chi connectivity index (χ0n) is 7.73. The molecule has 0 saturated carbocycles. The van der Waals surface area contributed by atoms with E-state index in [2.05, 4.69) is 10.1 Å². The van der Waals surface area contributed by atoms with Crippen molar-refractivity contribution in [3.05, 3.63) is 0 Å². The van der Waals surface area contributed by atoms with E-state index in [1.54, 1.807) is 0 Å². The minimum Gasteiger partial charge on any atom is -0.386 e. The number of alkyl halides is 5. The Labute approximate surface area is 83.2 Å². The molecule has 0 radical (unpaired) electrons. The lowest BCUT2D eigenvalue weighted by atomic mass is 10.4. The van der Waals surface area contributed by atoms with E-state index in [1.807, 2.05) is 0 Å². The van der Waals surface area contributed by atoms with Gasteiger partial charge in [-0.1, -0.05) is 0 Å². The molecule has 0 aromatic rings. The second-order valence-corrected chi connectivity index (χ2v) is 2.77. The van der Waals surface area contributed by atoms with Crippen LogP contribution in [0.2, 0.25) is 0 Å². The van der Waals surface area contributed by atoms with Gasteiger partial charge in [-0.25, -0.2) is 8.78 Å². The quantitative estimate of drug-likeness (QED) is 0.508. The van der Waals surface area contributed by atoms with Crippen LogP contribution in [0.5, 0.6) is 0 Å². The number of hydrogen-bond donors (Lipinski definition) is 2. The summed E-state index contributed by atoms with van der Waals surface area (Å²) in [7, 11) is 0. The van der Waals surface area contributed by atoms with Crippen molar-refractivity contribution in [1.29, 1.82) is 0 Å². The van der Waals surface area contributed by atoms with Crippen molar-refractivity contribution < 1.29 is 31.8 Å². The summed E-state index contributed by atoms with van der Waals surface area (Å²) >= 11 is 0. The Bertz CT molecular complexity index is 164. The topological polar surface area (TPSA) is 41.5 Å². The van der Waals surface area contributed by atoms with Gasteiger partial charge in [-0.3, -0.25) is 0 Å². The van der Waals surface area contributed by atoms with E-state index in [0.717, 1.165) is 0 Å². The molecular formula is C7H12F5NO2. The minimum atomic E-state index is -4.39. The molecule has 0 aromatic carbocycles. The maximum Gasteiger partial charge on any atom is 0.411 e. The van der Waals surface area contributed by atoms with E-state index >= 15 is 0 Å². The summed E-state index contributed by atoms with van der Waals surface area (Å²) in [4.78, 5) is 0. The molecular weight excluding hydrogens is 225 g/mol. The van der Waals surface area contributed by atoms with Crippen LogP contribution in [0.25, 0.3) is 0 Å². The summed E-state index contributed by atoms with van der Waals surface area (Å²) in [6.07, 6.45) is -9.07. The maximum atomic E-state index is 11.7. The summed E-state index contributed by atoms with van der Waals surface area (Å²) in [5, 5.41) is 10.9. The van der Waals surface area contributed by atoms with Gasteiger partial charge in [-0.2, -0.15) is 13.2 Å². The molecule has 0 aliphatic heterocycles. The zero-order chi connectivity index (χ0) is 11.9. The first-order valence-corrected chi connectivity index (χ1v) is 4.14. The summed E-state index contributed by atoms with van der Waals surface area (Å²) in [6, 6.07) is 0. The number of nitrogens with one attached hydrogen (secondary N) is 1. The third-order valence-electron chi connectivity index (χ3n) is 1.33. The van der Waals surface area contributed by atoms with Crippen molar-refractivity contribution in [1.82, 2.24) is 5.32 Å². The lowest BCUT2D eigenvalue weighted by molar-refractivity contribution is -0.173. The smallest absolute Gasteiger partial charge is 0.386 e. The van der Waals surface area contributed by atoms with Crippen molar-refractivity contribution in [2.24, 2.45) is 0 Å². The predicted molar refractivity (Wildman–Crippen MR) is 41.8 cm³/mol. The zero-order valence-corrected chi connectivity index (χ0v) is 7.73. The first kappa shape index (κ1) is 14.5. The highest BCUT2D eigenvalue weighted by Crippen LogP contribution is 2.13. The first-order valence-electron chi connectivity index (χ1n) is 4.14. The molecule has 1 atom stereocenters. The monoisotopic (exact) mass is 237 g/mol. The Morgan fingerprint density at radius 3 is 2.33 bits per heavy atom. The summed E-state index contributed by atoms with van der Waals surface area (Å²) < 4.78 is 62.1. The standard InChI is InChI=1S/C7H12F5NO2/c8-6(9)5(14)3-13-1-2-15-4-7(10,11)12/h5-6,13-14H,1-4H2. The average Bonchev–Trinajstić information content (AvgIpc) is 2.08. The van der Waals surface area contributed by atoms with Crippen LogP contribution in [0.3, 0.4) is 0 Å². The largest absolute Gasteiger partial charge is 0.411 e. The van der Waals surface area contributed by atoms with Crippen LogP contribution < -0.4 is 5.32 Å². The Hall–Kier alpha value is -0.470. The van der Waals surface area contributed by atoms with Gasteiger partial charge in [0, 0.05) is 13.1 Å². The third-order valence-corrected chi connectivity index (χ3v) is 1.33. The fourth-order valence-electron chi connectivity index (χ4n) is 0.671. The molecule has 92 valence electrons. The normalized spacial score (nSPS) is 14.6. The molecule has 0 amide bonds. The predicted octanol–water partition coefficient (Wildman–Crippen LogP) is 0.781. The third kappa shape index (κ3) is 9.83. The van der Waals surface area contributed by atoms with Gasteiger partial charge in [0.25, 0.3) is 6.43 Å². The van der Waals surface area contributed by atoms with E-state index in [-0.39, 0.29) is 19.7 Å². The molecule has 0 aliphatic carbocycles. The van der Waals surface area contributed by atoms with E-state index in [9.17, 15) is 22.0 Å². The van der Waals surface area contributed by atoms with Crippen LogP contribution in [0, 0.1) is 0 Å². The highest BCUT2D eigenvalue weighted by atomic mass is 19.4. The van der Waals surface area contributed by atoms with E-state index < -0.39 is 25.3 Å². The minimum absolute atomic E-state index is 0.0279. The molecule has 0 heterocycles. The molecule has 2 N–H and O–H groups in total. The average molecular weight is 237 g/mol. The van der Waals surface area contributed by atoms with E-state index in [4.69, 9.17) is 5.11 Å². The number of aliphatic hydroxyl groups excluding tert-OH is 1. The molecule has 3 nitrogen and oxygen atoms in total. The van der Waals surface area contributed by atoms with Crippen molar-refractivity contribution in [2.75, 3.05) is 26.3 Å². The molecule has 0 spiro atoms. The van der Waals surface area contributed by atoms with Gasteiger partial charge in [0.1, 0.15) is 12.7 Å². The lowest BCUT2D eigenvalue weighted by Gasteiger charge is -2.11. The van der Waals surface area contributed by atoms with Crippen molar-refractivity contribution in [3.63, 3.8) is 0 Å². The SMILES string of the molecule is OC(CNCCOCC(F)(F)F)C(F)F. The molecule has 8 heteroatoms. The van der Waals surface area contributed by atoms with Crippen molar-refractivity contribution >= 4 is 0 Å². The van der Waals surface area contributed by atoms with Crippen molar-refractivity contribution in [2.45, 2.75) is 18.7 Å². The van der Waals surface area contributed by atoms with Gasteiger partial charge in [-0.05, 0) is 0 Å². The first-order chi connectivity index (χ1) is 6.83. The van der Waals surface area contributed by atoms with Crippen LogP contribution in [0.4, 0.5) is 22.0 Å². The highest BCUT2D eigenvalue weighted by Gasteiger charge is 2.27. The molecule has 1 unspecified atom stereocenters. The second-order valence-electron chi connectivity index (χ2n) is 2.77. The number of halogens is 5.